The molecule has 2 aliphatic rings. The number of esters is 1. The van der Waals surface area contributed by atoms with Gasteiger partial charge in [0.25, 0.3) is 5.56 Å². The normalized spacial score (nSPS) is 15.2. The number of nitrogens with zero attached hydrogens (tertiary/aromatic N) is 3. The van der Waals surface area contributed by atoms with Gasteiger partial charge in [-0.1, -0.05) is 30.3 Å². The number of pyridine rings is 2. The van der Waals surface area contributed by atoms with Crippen molar-refractivity contribution in [2.24, 2.45) is 0 Å². The lowest BCUT2D eigenvalue weighted by Gasteiger charge is -2.25. The molecule has 2 amide bonds. The van der Waals surface area contributed by atoms with E-state index in [1.807, 2.05) is 42.4 Å². The average Bonchev–Trinajstić information content (AvgIpc) is 3.46. The zero-order valence-corrected chi connectivity index (χ0v) is 28.4. The van der Waals surface area contributed by atoms with Crippen molar-refractivity contribution in [1.82, 2.24) is 19.2 Å². The van der Waals surface area contributed by atoms with Gasteiger partial charge < -0.3 is 34.0 Å². The van der Waals surface area contributed by atoms with Crippen molar-refractivity contribution in [3.05, 3.63) is 92.8 Å². The lowest BCUT2D eigenvalue weighted by molar-refractivity contribution is -0.159. The SMILES string of the molecule is CC(C)N(CCc1c2c(nc3ccccc13)-c1cc3c(c(=O)n1C2)COC(=O)C3OC(=O)OCc1ccc(NC(=O)CNC=O)cc1)[S+](C)[O-]. The molecule has 6 rings (SSSR count). The molecule has 0 bridgehead atoms. The fourth-order valence-electron chi connectivity index (χ4n) is 6.25. The van der Waals surface area contributed by atoms with E-state index < -0.39 is 35.5 Å². The number of fused-ring (bicyclic) bond motifs is 5. The molecule has 15 heteroatoms. The number of para-hydroxylation sites is 1. The van der Waals surface area contributed by atoms with Crippen molar-refractivity contribution in [2.75, 3.05) is 24.7 Å². The molecule has 0 spiro atoms. The first-order chi connectivity index (χ1) is 24.0. The summed E-state index contributed by atoms with van der Waals surface area (Å²) in [5, 5.41) is 5.82. The van der Waals surface area contributed by atoms with Gasteiger partial charge in [-0.05, 0) is 55.7 Å². The first kappa shape index (κ1) is 34.6. The van der Waals surface area contributed by atoms with Crippen LogP contribution in [0.2, 0.25) is 0 Å². The van der Waals surface area contributed by atoms with Crippen LogP contribution in [0.4, 0.5) is 10.5 Å². The van der Waals surface area contributed by atoms with E-state index in [0.717, 1.165) is 22.0 Å². The average molecular weight is 702 g/mol. The standard InChI is InChI=1S/C35H35N5O9S/c1-20(2)40(50(3)46)13-12-23-24-6-4-5-7-28(24)38-31-26(23)16-39-29(31)14-25-27(33(39)43)18-47-34(44)32(25)49-35(45)48-17-21-8-10-22(11-9-21)37-30(42)15-36-19-41/h4-11,14,19-20,32H,12-13,15-18H2,1-3H3,(H,36,41)(H,37,42). The van der Waals surface area contributed by atoms with Gasteiger partial charge in [0.2, 0.25) is 18.4 Å². The Morgan fingerprint density at radius 3 is 2.64 bits per heavy atom. The maximum Gasteiger partial charge on any atom is 0.509 e. The zero-order valence-electron chi connectivity index (χ0n) is 27.6. The predicted molar refractivity (Wildman–Crippen MR) is 183 cm³/mol. The minimum Gasteiger partial charge on any atom is -0.598 e. The highest BCUT2D eigenvalue weighted by atomic mass is 32.2. The molecule has 14 nitrogen and oxygen atoms in total. The Morgan fingerprint density at radius 2 is 1.92 bits per heavy atom. The van der Waals surface area contributed by atoms with Crippen LogP contribution in [0.1, 0.15) is 47.8 Å². The second-order valence-corrected chi connectivity index (χ2v) is 13.4. The highest BCUT2D eigenvalue weighted by Gasteiger charge is 2.38. The molecule has 4 aromatic rings. The van der Waals surface area contributed by atoms with Crippen LogP contribution in [0.5, 0.6) is 0 Å². The molecule has 2 aliphatic heterocycles. The van der Waals surface area contributed by atoms with Crippen molar-refractivity contribution < 1.29 is 37.9 Å². The van der Waals surface area contributed by atoms with Crippen molar-refractivity contribution in [2.45, 2.75) is 52.2 Å². The lowest BCUT2D eigenvalue weighted by Crippen LogP contribution is -2.37. The smallest absolute Gasteiger partial charge is 0.509 e. The number of amides is 2. The first-order valence-electron chi connectivity index (χ1n) is 15.9. The molecule has 2 N–H and O–H groups in total. The van der Waals surface area contributed by atoms with Crippen LogP contribution in [-0.2, 0) is 66.1 Å². The quantitative estimate of drug-likeness (QED) is 0.111. The number of nitrogens with one attached hydrogen (secondary N) is 2. The molecule has 4 heterocycles. The Kier molecular flexibility index (Phi) is 10.2. The number of benzene rings is 2. The van der Waals surface area contributed by atoms with E-state index in [1.54, 1.807) is 41.2 Å². The molecule has 50 heavy (non-hydrogen) atoms. The second-order valence-electron chi connectivity index (χ2n) is 12.1. The summed E-state index contributed by atoms with van der Waals surface area (Å²) in [5.74, 6) is -1.25. The van der Waals surface area contributed by atoms with Crippen molar-refractivity contribution >= 4 is 52.4 Å². The van der Waals surface area contributed by atoms with Gasteiger partial charge in [0.15, 0.2) is 0 Å². The lowest BCUT2D eigenvalue weighted by atomic mass is 9.97. The van der Waals surface area contributed by atoms with E-state index in [2.05, 4.69) is 10.6 Å². The van der Waals surface area contributed by atoms with E-state index in [1.165, 1.54) is 0 Å². The maximum absolute atomic E-state index is 13.9. The van der Waals surface area contributed by atoms with E-state index in [4.69, 9.17) is 19.2 Å². The largest absolute Gasteiger partial charge is 0.598 e. The Bertz CT molecular complexity index is 2020. The third-order valence-corrected chi connectivity index (χ3v) is 9.87. The molecule has 0 saturated carbocycles. The van der Waals surface area contributed by atoms with Gasteiger partial charge in [0, 0.05) is 46.1 Å². The monoisotopic (exact) mass is 701 g/mol. The summed E-state index contributed by atoms with van der Waals surface area (Å²) in [6.45, 7) is 4.11. The fraction of sp³-hybridized carbons (Fsp3) is 0.314. The summed E-state index contributed by atoms with van der Waals surface area (Å²) in [4.78, 5) is 66.7. The number of anilines is 1. The van der Waals surface area contributed by atoms with E-state index in [0.29, 0.717) is 42.0 Å². The van der Waals surface area contributed by atoms with E-state index >= 15 is 0 Å². The van der Waals surface area contributed by atoms with Gasteiger partial charge in [-0.3, -0.25) is 14.4 Å². The van der Waals surface area contributed by atoms with Crippen molar-refractivity contribution in [1.29, 1.82) is 0 Å². The third kappa shape index (κ3) is 7.06. The Morgan fingerprint density at radius 1 is 1.16 bits per heavy atom. The van der Waals surface area contributed by atoms with Gasteiger partial charge in [0.1, 0.15) is 19.5 Å². The predicted octanol–water partition coefficient (Wildman–Crippen LogP) is 3.11. The van der Waals surface area contributed by atoms with Gasteiger partial charge in [-0.25, -0.2) is 14.6 Å². The molecular weight excluding hydrogens is 666 g/mol. The van der Waals surface area contributed by atoms with Gasteiger partial charge in [0.05, 0.1) is 35.6 Å². The fourth-order valence-corrected chi connectivity index (χ4v) is 7.19. The summed E-state index contributed by atoms with van der Waals surface area (Å²) in [5.41, 5.74) is 4.73. The van der Waals surface area contributed by atoms with Gasteiger partial charge in [-0.15, -0.1) is 4.31 Å². The number of ether oxygens (including phenoxy) is 3. The van der Waals surface area contributed by atoms with Crippen LogP contribution < -0.4 is 16.2 Å². The van der Waals surface area contributed by atoms with Crippen LogP contribution in [0.25, 0.3) is 22.3 Å². The molecule has 260 valence electrons. The summed E-state index contributed by atoms with van der Waals surface area (Å²) >= 11 is -1.17. The molecule has 2 unspecified atom stereocenters. The van der Waals surface area contributed by atoms with Crippen LogP contribution in [-0.4, -0.2) is 68.2 Å². The Labute approximate surface area is 290 Å². The topological polar surface area (TPSA) is 181 Å². The molecule has 0 saturated heterocycles. The number of carbonyl (C=O) groups is 4. The highest BCUT2D eigenvalue weighted by molar-refractivity contribution is 7.88. The maximum atomic E-state index is 13.9. The zero-order chi connectivity index (χ0) is 35.5. The van der Waals surface area contributed by atoms with E-state index in [9.17, 15) is 28.5 Å². The number of rotatable bonds is 12. The minimum atomic E-state index is -1.54. The first-order valence-corrected chi connectivity index (χ1v) is 17.4. The summed E-state index contributed by atoms with van der Waals surface area (Å²) in [6, 6.07) is 15.8. The minimum absolute atomic E-state index is 0.0629. The van der Waals surface area contributed by atoms with E-state index in [-0.39, 0.29) is 49.0 Å². The van der Waals surface area contributed by atoms with Crippen molar-refractivity contribution in [3.63, 3.8) is 0 Å². The molecule has 0 fully saturated rings. The number of hydrogen-bond acceptors (Lipinski definition) is 11. The molecule has 2 aromatic carbocycles. The summed E-state index contributed by atoms with van der Waals surface area (Å²) in [7, 11) is 0. The van der Waals surface area contributed by atoms with Gasteiger partial charge >= 0.3 is 12.1 Å². The highest BCUT2D eigenvalue weighted by Crippen LogP contribution is 2.39. The number of carbonyl (C=O) groups excluding carboxylic acids is 4. The van der Waals surface area contributed by atoms with Crippen molar-refractivity contribution in [3.8, 4) is 11.4 Å². The van der Waals surface area contributed by atoms with Crippen LogP contribution >= 0.6 is 0 Å². The molecule has 2 atom stereocenters. The number of hydrogen-bond donors (Lipinski definition) is 2. The third-order valence-electron chi connectivity index (χ3n) is 8.60. The van der Waals surface area contributed by atoms with Crippen LogP contribution in [0.15, 0.2) is 59.4 Å². The number of cyclic esters (lactones) is 1. The molecular formula is C35H35N5O9S. The Hall–Kier alpha value is -5.25. The molecule has 0 radical (unpaired) electrons. The molecule has 2 aromatic heterocycles. The van der Waals surface area contributed by atoms with Gasteiger partial charge in [-0.2, -0.15) is 0 Å². The Balaban J connectivity index is 1.24. The second kappa shape index (κ2) is 14.7. The van der Waals surface area contributed by atoms with Crippen LogP contribution in [0.3, 0.4) is 0 Å². The number of aromatic nitrogens is 2. The summed E-state index contributed by atoms with van der Waals surface area (Å²) in [6.07, 6.45) is -0.0316. The van der Waals surface area contributed by atoms with Crippen LogP contribution in [0, 0.1) is 0 Å². The summed E-state index contributed by atoms with van der Waals surface area (Å²) < 4.78 is 31.9. The molecule has 0 aliphatic carbocycles.